The number of allylic oxidation sites excluding steroid dienone is 2. The summed E-state index contributed by atoms with van der Waals surface area (Å²) in [6.45, 7) is 3.80. The Morgan fingerprint density at radius 2 is 1.67 bits per heavy atom. The Morgan fingerprint density at radius 1 is 1.07 bits per heavy atom. The van der Waals surface area contributed by atoms with E-state index in [1.807, 2.05) is 13.8 Å². The summed E-state index contributed by atoms with van der Waals surface area (Å²) in [4.78, 5) is 25.7. The van der Waals surface area contributed by atoms with Gasteiger partial charge in [0.05, 0.1) is 5.70 Å². The molecule has 2 saturated carbocycles. The van der Waals surface area contributed by atoms with Crippen LogP contribution in [0.2, 0.25) is 0 Å². The molecule has 0 radical (unpaired) electrons. The first kappa shape index (κ1) is 20.7. The summed E-state index contributed by atoms with van der Waals surface area (Å²) in [5.74, 6) is 0.191. The van der Waals surface area contributed by atoms with Gasteiger partial charge in [-0.3, -0.25) is 9.59 Å². The second kappa shape index (κ2) is 9.34. The van der Waals surface area contributed by atoms with Crippen molar-refractivity contribution in [1.82, 2.24) is 16.0 Å². The zero-order chi connectivity index (χ0) is 20.0. The average molecular weight is 374 g/mol. The van der Waals surface area contributed by atoms with E-state index < -0.39 is 11.9 Å². The van der Waals surface area contributed by atoms with Crippen LogP contribution in [-0.4, -0.2) is 36.3 Å². The van der Waals surface area contributed by atoms with E-state index in [0.29, 0.717) is 11.8 Å². The van der Waals surface area contributed by atoms with E-state index in [1.165, 1.54) is 6.08 Å². The average Bonchev–Trinajstić information content (AvgIpc) is 3.52. The van der Waals surface area contributed by atoms with Gasteiger partial charge in [0.25, 0.3) is 5.91 Å². The summed E-state index contributed by atoms with van der Waals surface area (Å²) in [6, 6.07) is -0.683. The minimum atomic E-state index is -0.699. The van der Waals surface area contributed by atoms with Crippen LogP contribution in [0.5, 0.6) is 0 Å². The third-order valence-electron chi connectivity index (χ3n) is 4.83. The summed E-state index contributed by atoms with van der Waals surface area (Å²) in [7, 11) is 0. The summed E-state index contributed by atoms with van der Waals surface area (Å²) >= 11 is 0. The van der Waals surface area contributed by atoms with Crippen molar-refractivity contribution in [3.05, 3.63) is 23.7 Å². The number of hydrogen-bond donors (Lipinski definition) is 6. The highest BCUT2D eigenvalue weighted by Gasteiger charge is 2.48. The van der Waals surface area contributed by atoms with Crippen LogP contribution in [0.15, 0.2) is 23.7 Å². The Morgan fingerprint density at radius 3 is 2.07 bits per heavy atom. The summed E-state index contributed by atoms with van der Waals surface area (Å²) in [6.07, 6.45) is 8.83. The Kier molecular flexibility index (Phi) is 7.15. The van der Waals surface area contributed by atoms with Crippen molar-refractivity contribution < 1.29 is 9.59 Å². The lowest BCUT2D eigenvalue weighted by Gasteiger charge is -2.28. The standard InChI is InChI=1S/C19H30N6O2/c1-11(2)23-15(7-8-20)18(26)25-17(19(27)24-14(9-21)10-22)16(12-3-4-12)13-5-6-13/h7-13,16-17,20-21,23H,3-6,22H2,1-2H3,(H,24,27)(H,25,26)/b14-10+,15-7-,20-8?,21-9?/t17-/m0/s1. The van der Waals surface area contributed by atoms with Gasteiger partial charge in [0.15, 0.2) is 0 Å². The lowest BCUT2D eigenvalue weighted by Crippen LogP contribution is -2.53. The fourth-order valence-corrected chi connectivity index (χ4v) is 3.38. The molecule has 0 saturated heterocycles. The van der Waals surface area contributed by atoms with Gasteiger partial charge in [-0.05, 0) is 63.4 Å². The summed E-state index contributed by atoms with van der Waals surface area (Å²) < 4.78 is 0. The number of nitrogens with one attached hydrogen (secondary N) is 5. The van der Waals surface area contributed by atoms with Crippen molar-refractivity contribution in [2.75, 3.05) is 0 Å². The van der Waals surface area contributed by atoms with E-state index in [9.17, 15) is 9.59 Å². The van der Waals surface area contributed by atoms with Crippen LogP contribution in [0.25, 0.3) is 0 Å². The van der Waals surface area contributed by atoms with Crippen LogP contribution in [0.3, 0.4) is 0 Å². The van der Waals surface area contributed by atoms with Crippen molar-refractivity contribution in [2.45, 2.75) is 51.6 Å². The second-order valence-electron chi connectivity index (χ2n) is 7.50. The molecule has 0 spiro atoms. The molecule has 2 aliphatic rings. The Labute approximate surface area is 160 Å². The van der Waals surface area contributed by atoms with Gasteiger partial charge in [-0.15, -0.1) is 0 Å². The minimum absolute atomic E-state index is 0.0154. The molecule has 2 amide bonds. The summed E-state index contributed by atoms with van der Waals surface area (Å²) in [5.41, 5.74) is 5.89. The van der Waals surface area contributed by atoms with Gasteiger partial charge >= 0.3 is 0 Å². The molecule has 1 atom stereocenters. The van der Waals surface area contributed by atoms with Crippen molar-refractivity contribution in [3.63, 3.8) is 0 Å². The zero-order valence-corrected chi connectivity index (χ0v) is 15.9. The maximum Gasteiger partial charge on any atom is 0.268 e. The predicted molar refractivity (Wildman–Crippen MR) is 105 cm³/mol. The van der Waals surface area contributed by atoms with E-state index in [1.54, 1.807) is 0 Å². The maximum absolute atomic E-state index is 12.9. The van der Waals surface area contributed by atoms with E-state index in [-0.39, 0.29) is 29.3 Å². The van der Waals surface area contributed by atoms with E-state index in [4.69, 9.17) is 16.6 Å². The zero-order valence-electron chi connectivity index (χ0n) is 15.9. The molecular weight excluding hydrogens is 344 g/mol. The molecule has 0 unspecified atom stereocenters. The molecule has 7 N–H and O–H groups in total. The molecule has 0 aromatic carbocycles. The van der Waals surface area contributed by atoms with Gasteiger partial charge in [0, 0.05) is 24.7 Å². The molecule has 2 fully saturated rings. The number of rotatable bonds is 11. The number of carbonyl (C=O) groups excluding carboxylic acids is 2. The number of amides is 2. The molecule has 0 heterocycles. The fraction of sp³-hybridized carbons (Fsp3) is 0.579. The minimum Gasteiger partial charge on any atom is -0.403 e. The van der Waals surface area contributed by atoms with E-state index in [0.717, 1.165) is 44.3 Å². The molecule has 148 valence electrons. The van der Waals surface area contributed by atoms with Crippen LogP contribution in [0.4, 0.5) is 0 Å². The lowest BCUT2D eigenvalue weighted by molar-refractivity contribution is -0.129. The number of carbonyl (C=O) groups is 2. The molecule has 0 aromatic heterocycles. The molecule has 0 bridgehead atoms. The Hall–Kier alpha value is -2.64. The van der Waals surface area contributed by atoms with E-state index in [2.05, 4.69) is 16.0 Å². The monoisotopic (exact) mass is 374 g/mol. The van der Waals surface area contributed by atoms with Crippen molar-refractivity contribution >= 4 is 24.2 Å². The molecular formula is C19H30N6O2. The van der Waals surface area contributed by atoms with E-state index >= 15 is 0 Å². The van der Waals surface area contributed by atoms with Crippen molar-refractivity contribution in [3.8, 4) is 0 Å². The van der Waals surface area contributed by atoms with Crippen LogP contribution < -0.4 is 21.7 Å². The predicted octanol–water partition coefficient (Wildman–Crippen LogP) is 1.00. The van der Waals surface area contributed by atoms with Crippen LogP contribution in [-0.2, 0) is 9.59 Å². The van der Waals surface area contributed by atoms with Gasteiger partial charge in [0.1, 0.15) is 11.7 Å². The third kappa shape index (κ3) is 5.94. The first-order valence-electron chi connectivity index (χ1n) is 9.42. The molecule has 2 rings (SSSR count). The van der Waals surface area contributed by atoms with Gasteiger partial charge in [-0.1, -0.05) is 0 Å². The van der Waals surface area contributed by atoms with Gasteiger partial charge < -0.3 is 32.5 Å². The number of nitrogens with two attached hydrogens (primary N) is 1. The molecule has 27 heavy (non-hydrogen) atoms. The molecule has 0 aromatic rings. The van der Waals surface area contributed by atoms with Crippen molar-refractivity contribution in [2.24, 2.45) is 23.5 Å². The highest BCUT2D eigenvalue weighted by Crippen LogP contribution is 2.50. The van der Waals surface area contributed by atoms with Gasteiger partial charge in [-0.2, -0.15) is 0 Å². The Bertz CT molecular complexity index is 635. The highest BCUT2D eigenvalue weighted by atomic mass is 16.2. The van der Waals surface area contributed by atoms with Gasteiger partial charge in [0.2, 0.25) is 5.91 Å². The summed E-state index contributed by atoms with van der Waals surface area (Å²) in [5, 5.41) is 23.1. The fourth-order valence-electron chi connectivity index (χ4n) is 3.38. The molecule has 8 heteroatoms. The highest BCUT2D eigenvalue weighted by molar-refractivity contribution is 6.00. The van der Waals surface area contributed by atoms with Crippen LogP contribution in [0, 0.1) is 28.6 Å². The quantitative estimate of drug-likeness (QED) is 0.237. The molecule has 2 aliphatic carbocycles. The topological polar surface area (TPSA) is 144 Å². The third-order valence-corrected chi connectivity index (χ3v) is 4.83. The largest absolute Gasteiger partial charge is 0.403 e. The first-order valence-corrected chi connectivity index (χ1v) is 9.42. The molecule has 8 nitrogen and oxygen atoms in total. The molecule has 0 aliphatic heterocycles. The smallest absolute Gasteiger partial charge is 0.268 e. The Balaban J connectivity index is 2.21. The maximum atomic E-state index is 12.9. The van der Waals surface area contributed by atoms with Crippen molar-refractivity contribution in [1.29, 1.82) is 10.8 Å². The van der Waals surface area contributed by atoms with Crippen LogP contribution >= 0.6 is 0 Å². The van der Waals surface area contributed by atoms with Crippen LogP contribution in [0.1, 0.15) is 39.5 Å². The number of hydrogen-bond acceptors (Lipinski definition) is 6. The normalized spacial score (nSPS) is 18.8. The lowest BCUT2D eigenvalue weighted by atomic mass is 9.88. The second-order valence-corrected chi connectivity index (χ2v) is 7.50. The first-order chi connectivity index (χ1) is 12.9. The van der Waals surface area contributed by atoms with Gasteiger partial charge in [-0.25, -0.2) is 0 Å². The SMILES string of the molecule is CC(C)N/C(=C\C=N)C(=O)N[C@H](C(=O)N/C(C=N)=C/N)C(C1CC1)C1CC1.